The molecule has 0 aromatic carbocycles. The number of aliphatic hydroxyl groups excluding tert-OH is 1. The van der Waals surface area contributed by atoms with Gasteiger partial charge < -0.3 is 25.2 Å². The highest BCUT2D eigenvalue weighted by Gasteiger charge is 2.34. The van der Waals surface area contributed by atoms with Gasteiger partial charge in [0.15, 0.2) is 0 Å². The minimum Gasteiger partial charge on any atom is -0.493 e. The Hall–Kier alpha value is -2.28. The zero-order valence-corrected chi connectivity index (χ0v) is 13.1. The van der Waals surface area contributed by atoms with Gasteiger partial charge >= 0.3 is 5.97 Å². The first-order chi connectivity index (χ1) is 10.4. The van der Waals surface area contributed by atoms with Crippen LogP contribution < -0.4 is 5.32 Å². The molecule has 120 valence electrons. The lowest BCUT2D eigenvalue weighted by molar-refractivity contribution is 0.0691. The van der Waals surface area contributed by atoms with Gasteiger partial charge in [-0.25, -0.2) is 4.79 Å². The molecule has 0 amide bonds. The highest BCUT2D eigenvalue weighted by Crippen LogP contribution is 2.31. The smallest absolute Gasteiger partial charge is 0.337 e. The Labute approximate surface area is 129 Å². The summed E-state index contributed by atoms with van der Waals surface area (Å²) in [6.07, 6.45) is 1.07. The molecule has 0 spiro atoms. The van der Waals surface area contributed by atoms with Crippen molar-refractivity contribution in [2.75, 3.05) is 14.2 Å². The molecule has 1 aromatic rings. The topological polar surface area (TPSA) is 94.9 Å². The molecule has 0 radical (unpaired) electrons. The quantitative estimate of drug-likeness (QED) is 0.764. The van der Waals surface area contributed by atoms with Gasteiger partial charge in [-0.05, 0) is 17.5 Å². The Balaban J connectivity index is 2.40. The number of aromatic nitrogens is 1. The Morgan fingerprint density at radius 1 is 1.55 bits per heavy atom. The van der Waals surface area contributed by atoms with Crippen LogP contribution in [0.4, 0.5) is 0 Å². The SMILES string of the molecule is COCc1cnc(C2NC(C(C)C)=C(O)N2C)c(C(=O)O)c1. The van der Waals surface area contributed by atoms with E-state index in [9.17, 15) is 15.0 Å². The summed E-state index contributed by atoms with van der Waals surface area (Å²) >= 11 is 0. The van der Waals surface area contributed by atoms with Crippen LogP contribution in [0.2, 0.25) is 0 Å². The summed E-state index contributed by atoms with van der Waals surface area (Å²) < 4.78 is 5.01. The number of hydrogen-bond acceptors (Lipinski definition) is 6. The van der Waals surface area contributed by atoms with E-state index in [0.29, 0.717) is 23.6 Å². The number of nitrogens with one attached hydrogen (secondary N) is 1. The number of allylic oxidation sites excluding steroid dienone is 1. The Morgan fingerprint density at radius 2 is 2.23 bits per heavy atom. The number of aliphatic hydroxyl groups is 1. The van der Waals surface area contributed by atoms with Crippen molar-refractivity contribution in [2.45, 2.75) is 26.6 Å². The fourth-order valence-electron chi connectivity index (χ4n) is 2.45. The van der Waals surface area contributed by atoms with Gasteiger partial charge in [-0.2, -0.15) is 0 Å². The van der Waals surface area contributed by atoms with E-state index < -0.39 is 12.1 Å². The first-order valence-electron chi connectivity index (χ1n) is 7.00. The fraction of sp³-hybridized carbons (Fsp3) is 0.467. The van der Waals surface area contributed by atoms with Gasteiger partial charge in [0.1, 0.15) is 6.17 Å². The summed E-state index contributed by atoms with van der Waals surface area (Å²) in [5.74, 6) is -0.860. The van der Waals surface area contributed by atoms with E-state index in [1.54, 1.807) is 24.2 Å². The molecule has 1 unspecified atom stereocenters. The monoisotopic (exact) mass is 307 g/mol. The number of aromatic carboxylic acids is 1. The zero-order chi connectivity index (χ0) is 16.4. The Kier molecular flexibility index (Phi) is 4.56. The Bertz CT molecular complexity index is 613. The summed E-state index contributed by atoms with van der Waals surface area (Å²) in [6, 6.07) is 1.55. The minimum absolute atomic E-state index is 0.0912. The van der Waals surface area contributed by atoms with E-state index in [1.807, 2.05) is 13.8 Å². The summed E-state index contributed by atoms with van der Waals surface area (Å²) in [7, 11) is 3.23. The largest absolute Gasteiger partial charge is 0.493 e. The highest BCUT2D eigenvalue weighted by atomic mass is 16.5. The normalized spacial score (nSPS) is 18.0. The van der Waals surface area contributed by atoms with E-state index in [4.69, 9.17) is 4.74 Å². The van der Waals surface area contributed by atoms with Crippen molar-refractivity contribution in [1.82, 2.24) is 15.2 Å². The average Bonchev–Trinajstić information content (AvgIpc) is 2.76. The van der Waals surface area contributed by atoms with Gasteiger partial charge in [-0.1, -0.05) is 13.8 Å². The number of carbonyl (C=O) groups is 1. The molecular weight excluding hydrogens is 286 g/mol. The molecule has 1 aliphatic heterocycles. The first kappa shape index (κ1) is 16.1. The predicted molar refractivity (Wildman–Crippen MR) is 80.0 cm³/mol. The molecule has 7 nitrogen and oxygen atoms in total. The van der Waals surface area contributed by atoms with Crippen LogP contribution in [0.25, 0.3) is 0 Å². The third kappa shape index (κ3) is 2.85. The molecule has 2 heterocycles. The lowest BCUT2D eigenvalue weighted by Gasteiger charge is -2.23. The van der Waals surface area contributed by atoms with E-state index in [0.717, 1.165) is 0 Å². The number of carboxylic acid groups (broad SMARTS) is 1. The number of carboxylic acids is 1. The van der Waals surface area contributed by atoms with E-state index in [-0.39, 0.29) is 17.4 Å². The lowest BCUT2D eigenvalue weighted by Crippen LogP contribution is -2.29. The zero-order valence-electron chi connectivity index (χ0n) is 13.1. The van der Waals surface area contributed by atoms with Crippen LogP contribution in [0.3, 0.4) is 0 Å². The number of hydrogen-bond donors (Lipinski definition) is 3. The number of methoxy groups -OCH3 is 1. The van der Waals surface area contributed by atoms with Crippen LogP contribution >= 0.6 is 0 Å². The number of pyridine rings is 1. The molecule has 3 N–H and O–H groups in total. The van der Waals surface area contributed by atoms with E-state index in [1.165, 1.54) is 7.11 Å². The maximum Gasteiger partial charge on any atom is 0.337 e. The average molecular weight is 307 g/mol. The first-order valence-corrected chi connectivity index (χ1v) is 7.00. The molecule has 1 aliphatic rings. The van der Waals surface area contributed by atoms with Crippen molar-refractivity contribution >= 4 is 5.97 Å². The second-order valence-corrected chi connectivity index (χ2v) is 5.56. The number of nitrogens with zero attached hydrogens (tertiary/aromatic N) is 2. The molecule has 1 atom stereocenters. The molecule has 0 saturated heterocycles. The maximum atomic E-state index is 11.5. The second-order valence-electron chi connectivity index (χ2n) is 5.56. The molecule has 7 heteroatoms. The van der Waals surface area contributed by atoms with Crippen LogP contribution in [-0.4, -0.2) is 40.2 Å². The van der Waals surface area contributed by atoms with Crippen molar-refractivity contribution in [3.8, 4) is 0 Å². The van der Waals surface area contributed by atoms with Gasteiger partial charge in [0, 0.05) is 20.4 Å². The van der Waals surface area contributed by atoms with Crippen molar-refractivity contribution in [2.24, 2.45) is 5.92 Å². The van der Waals surface area contributed by atoms with Gasteiger partial charge in [0.25, 0.3) is 0 Å². The number of rotatable bonds is 5. The summed E-state index contributed by atoms with van der Waals surface area (Å²) in [4.78, 5) is 17.4. The van der Waals surface area contributed by atoms with Crippen molar-refractivity contribution < 1.29 is 19.7 Å². The van der Waals surface area contributed by atoms with Crippen LogP contribution in [0.5, 0.6) is 0 Å². The van der Waals surface area contributed by atoms with Gasteiger partial charge in [0.2, 0.25) is 5.88 Å². The van der Waals surface area contributed by atoms with Gasteiger partial charge in [-0.15, -0.1) is 0 Å². The maximum absolute atomic E-state index is 11.5. The molecule has 1 aromatic heterocycles. The predicted octanol–water partition coefficient (Wildman–Crippen LogP) is 1.84. The van der Waals surface area contributed by atoms with Gasteiger partial charge in [-0.3, -0.25) is 4.98 Å². The molecule has 0 bridgehead atoms. The second kappa shape index (κ2) is 6.23. The van der Waals surface area contributed by atoms with Crippen molar-refractivity contribution in [3.63, 3.8) is 0 Å². The molecule has 2 rings (SSSR count). The van der Waals surface area contributed by atoms with Crippen LogP contribution in [0.1, 0.15) is 41.6 Å². The summed E-state index contributed by atoms with van der Waals surface area (Å²) in [5, 5.41) is 22.8. The third-order valence-corrected chi connectivity index (χ3v) is 3.61. The molecule has 0 saturated carbocycles. The fourth-order valence-corrected chi connectivity index (χ4v) is 2.45. The van der Waals surface area contributed by atoms with E-state index in [2.05, 4.69) is 10.3 Å². The summed E-state index contributed by atoms with van der Waals surface area (Å²) in [6.45, 7) is 4.19. The van der Waals surface area contributed by atoms with Crippen molar-refractivity contribution in [3.05, 3.63) is 40.7 Å². The molecule has 0 aliphatic carbocycles. The molecule has 0 fully saturated rings. The minimum atomic E-state index is -1.06. The lowest BCUT2D eigenvalue weighted by atomic mass is 10.1. The summed E-state index contributed by atoms with van der Waals surface area (Å²) in [5.41, 5.74) is 1.81. The third-order valence-electron chi connectivity index (χ3n) is 3.61. The Morgan fingerprint density at radius 3 is 2.73 bits per heavy atom. The van der Waals surface area contributed by atoms with Crippen LogP contribution in [-0.2, 0) is 11.3 Å². The van der Waals surface area contributed by atoms with Crippen molar-refractivity contribution in [1.29, 1.82) is 0 Å². The van der Waals surface area contributed by atoms with Crippen LogP contribution in [0.15, 0.2) is 23.8 Å². The standard InChI is InChI=1S/C15H21N3O4/c1-8(2)11-14(19)18(3)13(17-11)12-10(15(20)21)5-9(6-16-12)7-22-4/h5-6,8,13,17,19H,7H2,1-4H3,(H,20,21). The number of ether oxygens (including phenoxy) is 1. The highest BCUT2D eigenvalue weighted by molar-refractivity contribution is 5.89. The van der Waals surface area contributed by atoms with Crippen LogP contribution in [0, 0.1) is 5.92 Å². The molecule has 22 heavy (non-hydrogen) atoms. The van der Waals surface area contributed by atoms with E-state index >= 15 is 0 Å². The molecular formula is C15H21N3O4. The van der Waals surface area contributed by atoms with Gasteiger partial charge in [0.05, 0.1) is 23.6 Å².